The Labute approximate surface area is 170 Å². The van der Waals surface area contributed by atoms with Crippen molar-refractivity contribution in [2.45, 2.75) is 13.3 Å². The van der Waals surface area contributed by atoms with Crippen LogP contribution in [-0.2, 0) is 11.2 Å². The Balaban J connectivity index is 1.40. The van der Waals surface area contributed by atoms with E-state index in [2.05, 4.69) is 21.9 Å². The fourth-order valence-electron chi connectivity index (χ4n) is 4.18. The number of amides is 1. The Bertz CT molecular complexity index is 987. The van der Waals surface area contributed by atoms with Gasteiger partial charge in [0.1, 0.15) is 0 Å². The number of hydrogen-bond acceptors (Lipinski definition) is 5. The van der Waals surface area contributed by atoms with Gasteiger partial charge in [-0.15, -0.1) is 0 Å². The zero-order chi connectivity index (χ0) is 20.4. The number of Topliss-reactive ketones (excluding diaryl/α,β-unsaturated/α-hetero) is 1. The van der Waals surface area contributed by atoms with Crippen molar-refractivity contribution in [3.8, 4) is 6.07 Å². The number of para-hydroxylation sites is 1. The smallest absolute Gasteiger partial charge is 0.241 e. The molecule has 2 aromatic rings. The molecule has 0 spiro atoms. The van der Waals surface area contributed by atoms with Crippen LogP contribution in [0, 0.1) is 11.3 Å². The summed E-state index contributed by atoms with van der Waals surface area (Å²) in [4.78, 5) is 31.0. The molecule has 2 heterocycles. The van der Waals surface area contributed by atoms with Crippen LogP contribution in [0.2, 0.25) is 0 Å². The second kappa shape index (κ2) is 8.06. The van der Waals surface area contributed by atoms with E-state index in [0.717, 1.165) is 50.5 Å². The first-order valence-electron chi connectivity index (χ1n) is 9.97. The molecule has 0 aromatic heterocycles. The number of piperazine rings is 1. The lowest BCUT2D eigenvalue weighted by molar-refractivity contribution is -0.119. The van der Waals surface area contributed by atoms with Gasteiger partial charge in [-0.05, 0) is 43.2 Å². The lowest BCUT2D eigenvalue weighted by Crippen LogP contribution is -2.50. The van der Waals surface area contributed by atoms with Gasteiger partial charge >= 0.3 is 0 Å². The molecule has 148 valence electrons. The average molecular weight is 388 g/mol. The molecular weight excluding hydrogens is 364 g/mol. The van der Waals surface area contributed by atoms with Crippen LogP contribution in [0.15, 0.2) is 42.5 Å². The predicted octanol–water partition coefficient (Wildman–Crippen LogP) is 2.47. The zero-order valence-corrected chi connectivity index (χ0v) is 16.6. The molecular formula is C23H24N4O2. The number of nitrogens with zero attached hydrogens (tertiary/aromatic N) is 4. The maximum Gasteiger partial charge on any atom is 0.241 e. The molecule has 0 bridgehead atoms. The number of hydrogen-bond donors (Lipinski definition) is 0. The highest BCUT2D eigenvalue weighted by Crippen LogP contribution is 2.28. The van der Waals surface area contributed by atoms with Crippen LogP contribution in [-0.4, -0.2) is 55.9 Å². The van der Waals surface area contributed by atoms with Gasteiger partial charge in [0.25, 0.3) is 0 Å². The Kier molecular flexibility index (Phi) is 5.32. The third-order valence-corrected chi connectivity index (χ3v) is 5.77. The number of rotatable bonds is 4. The molecule has 4 rings (SSSR count). The SMILES string of the molecule is CC(=O)c1ccc(C#N)cc1N1CCN(CC(=O)N2CCc3ccccc32)CC1. The molecule has 1 fully saturated rings. The van der Waals surface area contributed by atoms with Crippen molar-refractivity contribution in [2.75, 3.05) is 49.1 Å². The number of nitriles is 1. The van der Waals surface area contributed by atoms with E-state index >= 15 is 0 Å². The van der Waals surface area contributed by atoms with Gasteiger partial charge in [-0.25, -0.2) is 0 Å². The second-order valence-electron chi connectivity index (χ2n) is 7.59. The molecule has 2 aromatic carbocycles. The summed E-state index contributed by atoms with van der Waals surface area (Å²) in [5.41, 5.74) is 4.28. The molecule has 0 N–H and O–H groups in total. The lowest BCUT2D eigenvalue weighted by atomic mass is 10.0. The summed E-state index contributed by atoms with van der Waals surface area (Å²) < 4.78 is 0. The van der Waals surface area contributed by atoms with E-state index in [-0.39, 0.29) is 11.7 Å². The highest BCUT2D eigenvalue weighted by atomic mass is 16.2. The van der Waals surface area contributed by atoms with E-state index in [0.29, 0.717) is 17.7 Å². The first-order valence-corrected chi connectivity index (χ1v) is 9.97. The summed E-state index contributed by atoms with van der Waals surface area (Å²) in [5, 5.41) is 9.20. The summed E-state index contributed by atoms with van der Waals surface area (Å²) >= 11 is 0. The van der Waals surface area contributed by atoms with Gasteiger partial charge in [-0.3, -0.25) is 14.5 Å². The maximum atomic E-state index is 12.8. The van der Waals surface area contributed by atoms with Crippen LogP contribution in [0.1, 0.15) is 28.4 Å². The number of benzene rings is 2. The normalized spacial score (nSPS) is 16.4. The van der Waals surface area contributed by atoms with Crippen molar-refractivity contribution >= 4 is 23.1 Å². The summed E-state index contributed by atoms with van der Waals surface area (Å²) in [6, 6.07) is 15.5. The summed E-state index contributed by atoms with van der Waals surface area (Å²) in [5.74, 6) is 0.133. The molecule has 1 amide bonds. The molecule has 0 saturated carbocycles. The van der Waals surface area contributed by atoms with Gasteiger partial charge in [-0.2, -0.15) is 5.26 Å². The largest absolute Gasteiger partial charge is 0.368 e. The first-order chi connectivity index (χ1) is 14.1. The Morgan fingerprint density at radius 2 is 1.76 bits per heavy atom. The molecule has 0 unspecified atom stereocenters. The Hall–Kier alpha value is -3.17. The monoisotopic (exact) mass is 388 g/mol. The molecule has 6 nitrogen and oxygen atoms in total. The second-order valence-corrected chi connectivity index (χ2v) is 7.59. The standard InChI is InChI=1S/C23H24N4O2/c1-17(28)20-7-6-18(15-24)14-22(20)26-12-10-25(11-13-26)16-23(29)27-9-8-19-4-2-3-5-21(19)27/h2-7,14H,8-13,16H2,1H3. The van der Waals surface area contributed by atoms with E-state index in [1.807, 2.05) is 23.1 Å². The zero-order valence-electron chi connectivity index (χ0n) is 16.6. The average Bonchev–Trinajstić information content (AvgIpc) is 3.18. The fourth-order valence-corrected chi connectivity index (χ4v) is 4.18. The molecule has 6 heteroatoms. The minimum atomic E-state index is -0.00482. The Morgan fingerprint density at radius 1 is 1.00 bits per heavy atom. The van der Waals surface area contributed by atoms with E-state index in [9.17, 15) is 14.9 Å². The van der Waals surface area contributed by atoms with Crippen molar-refractivity contribution in [1.29, 1.82) is 5.26 Å². The topological polar surface area (TPSA) is 67.6 Å². The molecule has 0 aliphatic carbocycles. The number of ketones is 1. The van der Waals surface area contributed by atoms with Crippen LogP contribution in [0.25, 0.3) is 0 Å². The van der Waals surface area contributed by atoms with Gasteiger partial charge in [-0.1, -0.05) is 18.2 Å². The fraction of sp³-hybridized carbons (Fsp3) is 0.348. The van der Waals surface area contributed by atoms with Crippen LogP contribution in [0.4, 0.5) is 11.4 Å². The first kappa shape index (κ1) is 19.2. The predicted molar refractivity (Wildman–Crippen MR) is 112 cm³/mol. The quantitative estimate of drug-likeness (QED) is 0.753. The number of anilines is 2. The van der Waals surface area contributed by atoms with E-state index in [4.69, 9.17) is 0 Å². The molecule has 0 atom stereocenters. The summed E-state index contributed by atoms with van der Waals surface area (Å²) in [7, 11) is 0. The molecule has 29 heavy (non-hydrogen) atoms. The minimum absolute atomic E-state index is 0.00482. The maximum absolute atomic E-state index is 12.8. The van der Waals surface area contributed by atoms with Crippen molar-refractivity contribution in [2.24, 2.45) is 0 Å². The lowest BCUT2D eigenvalue weighted by Gasteiger charge is -2.37. The third-order valence-electron chi connectivity index (χ3n) is 5.77. The number of carbonyl (C=O) groups is 2. The molecule has 1 saturated heterocycles. The summed E-state index contributed by atoms with van der Waals surface area (Å²) in [6.45, 7) is 5.64. The third kappa shape index (κ3) is 3.87. The van der Waals surface area contributed by atoms with Crippen molar-refractivity contribution in [3.05, 3.63) is 59.2 Å². The molecule has 2 aliphatic rings. The van der Waals surface area contributed by atoms with Gasteiger partial charge in [0.2, 0.25) is 5.91 Å². The van der Waals surface area contributed by atoms with E-state index in [1.54, 1.807) is 25.1 Å². The van der Waals surface area contributed by atoms with Crippen molar-refractivity contribution in [3.63, 3.8) is 0 Å². The van der Waals surface area contributed by atoms with Crippen molar-refractivity contribution in [1.82, 2.24) is 4.90 Å². The van der Waals surface area contributed by atoms with Crippen molar-refractivity contribution < 1.29 is 9.59 Å². The highest BCUT2D eigenvalue weighted by Gasteiger charge is 2.27. The van der Waals surface area contributed by atoms with Crippen LogP contribution < -0.4 is 9.80 Å². The molecule has 2 aliphatic heterocycles. The van der Waals surface area contributed by atoms with Crippen LogP contribution in [0.5, 0.6) is 0 Å². The minimum Gasteiger partial charge on any atom is -0.368 e. The number of carbonyl (C=O) groups excluding carboxylic acids is 2. The van der Waals surface area contributed by atoms with Gasteiger partial charge < -0.3 is 9.80 Å². The van der Waals surface area contributed by atoms with Gasteiger partial charge in [0.05, 0.1) is 18.2 Å². The Morgan fingerprint density at radius 3 is 2.48 bits per heavy atom. The van der Waals surface area contributed by atoms with Crippen LogP contribution >= 0.6 is 0 Å². The van der Waals surface area contributed by atoms with Gasteiger partial charge in [0.15, 0.2) is 5.78 Å². The highest BCUT2D eigenvalue weighted by molar-refractivity contribution is 6.00. The van der Waals surface area contributed by atoms with E-state index < -0.39 is 0 Å². The van der Waals surface area contributed by atoms with E-state index in [1.165, 1.54) is 5.56 Å². The molecule has 0 radical (unpaired) electrons. The summed E-state index contributed by atoms with van der Waals surface area (Å²) in [6.07, 6.45) is 0.915. The van der Waals surface area contributed by atoms with Gasteiger partial charge in [0, 0.05) is 49.7 Å². The number of fused-ring (bicyclic) bond motifs is 1. The van der Waals surface area contributed by atoms with Crippen LogP contribution in [0.3, 0.4) is 0 Å².